The number of rotatable bonds is 8. The summed E-state index contributed by atoms with van der Waals surface area (Å²) in [6, 6.07) is 8.80. The van der Waals surface area contributed by atoms with E-state index in [4.69, 9.17) is 4.74 Å². The number of aryl methyl sites for hydroxylation is 1. The molecular formula is C15H19N3OS2. The molecule has 0 bridgehead atoms. The summed E-state index contributed by atoms with van der Waals surface area (Å²) in [7, 11) is 0. The van der Waals surface area contributed by atoms with E-state index in [1.807, 2.05) is 12.1 Å². The summed E-state index contributed by atoms with van der Waals surface area (Å²) >= 11 is 3.40. The van der Waals surface area contributed by atoms with Crippen molar-refractivity contribution in [1.82, 2.24) is 10.2 Å². The normalized spacial score (nSPS) is 14.1. The monoisotopic (exact) mass is 321 g/mol. The molecule has 0 radical (unpaired) electrons. The molecule has 112 valence electrons. The lowest BCUT2D eigenvalue weighted by molar-refractivity contribution is 0.318. The highest BCUT2D eigenvalue weighted by molar-refractivity contribution is 8.01. The molecule has 1 N–H and O–H groups in total. The first kappa shape index (κ1) is 14.7. The van der Waals surface area contributed by atoms with E-state index in [1.165, 1.54) is 18.4 Å². The Balaban J connectivity index is 1.33. The Labute approximate surface area is 133 Å². The van der Waals surface area contributed by atoms with Gasteiger partial charge in [0.1, 0.15) is 5.75 Å². The summed E-state index contributed by atoms with van der Waals surface area (Å²) < 4.78 is 6.77. The molecule has 0 spiro atoms. The van der Waals surface area contributed by atoms with Crippen LogP contribution in [0.15, 0.2) is 28.6 Å². The minimum absolute atomic E-state index is 0.638. The number of benzene rings is 1. The van der Waals surface area contributed by atoms with E-state index in [1.54, 1.807) is 23.1 Å². The fraction of sp³-hybridized carbons (Fsp3) is 0.467. The van der Waals surface area contributed by atoms with Gasteiger partial charge < -0.3 is 10.1 Å². The van der Waals surface area contributed by atoms with Gasteiger partial charge in [-0.15, -0.1) is 10.2 Å². The zero-order valence-electron chi connectivity index (χ0n) is 12.0. The maximum atomic E-state index is 5.73. The van der Waals surface area contributed by atoms with Crippen molar-refractivity contribution < 1.29 is 4.74 Å². The minimum Gasteiger partial charge on any atom is -0.494 e. The Bertz CT molecular complexity index is 584. The van der Waals surface area contributed by atoms with E-state index < -0.39 is 0 Å². The summed E-state index contributed by atoms with van der Waals surface area (Å²) in [6.45, 7) is 2.81. The molecule has 1 aromatic carbocycles. The van der Waals surface area contributed by atoms with Crippen molar-refractivity contribution in [3.8, 4) is 5.75 Å². The second kappa shape index (κ2) is 7.13. The van der Waals surface area contributed by atoms with Crippen LogP contribution in [-0.2, 0) is 0 Å². The first-order valence-electron chi connectivity index (χ1n) is 7.22. The molecule has 2 aromatic rings. The van der Waals surface area contributed by atoms with Gasteiger partial charge in [0.05, 0.1) is 6.61 Å². The molecule has 3 rings (SSSR count). The van der Waals surface area contributed by atoms with Crippen molar-refractivity contribution in [2.45, 2.75) is 36.6 Å². The number of anilines is 1. The molecule has 1 aromatic heterocycles. The standard InChI is InChI=1S/C15H19N3OS2/c1-11-4-2-5-13(10-11)19-8-3-9-20-15-18-17-14(21-15)16-12-6-7-12/h2,4-5,10,12H,3,6-9H2,1H3,(H,16,17). The van der Waals surface area contributed by atoms with Crippen molar-refractivity contribution in [3.63, 3.8) is 0 Å². The maximum Gasteiger partial charge on any atom is 0.206 e. The molecule has 1 fully saturated rings. The Kier molecular flexibility index (Phi) is 4.98. The van der Waals surface area contributed by atoms with Crippen molar-refractivity contribution in [2.24, 2.45) is 0 Å². The van der Waals surface area contributed by atoms with Crippen LogP contribution in [0.5, 0.6) is 5.75 Å². The van der Waals surface area contributed by atoms with Crippen LogP contribution in [0.3, 0.4) is 0 Å². The summed E-state index contributed by atoms with van der Waals surface area (Å²) in [6.07, 6.45) is 3.53. The summed E-state index contributed by atoms with van der Waals surface area (Å²) in [4.78, 5) is 0. The molecule has 1 aliphatic carbocycles. The fourth-order valence-electron chi connectivity index (χ4n) is 1.84. The molecule has 4 nitrogen and oxygen atoms in total. The van der Waals surface area contributed by atoms with Crippen LogP contribution in [0.25, 0.3) is 0 Å². The predicted molar refractivity (Wildman–Crippen MR) is 88.6 cm³/mol. The molecule has 0 saturated heterocycles. The molecule has 21 heavy (non-hydrogen) atoms. The number of nitrogens with one attached hydrogen (secondary N) is 1. The zero-order valence-corrected chi connectivity index (χ0v) is 13.7. The molecule has 1 heterocycles. The number of aromatic nitrogens is 2. The van der Waals surface area contributed by atoms with Crippen LogP contribution in [0, 0.1) is 6.92 Å². The van der Waals surface area contributed by atoms with Gasteiger partial charge in [-0.1, -0.05) is 35.2 Å². The van der Waals surface area contributed by atoms with Crippen LogP contribution in [0.2, 0.25) is 0 Å². The Morgan fingerprint density at radius 3 is 3.10 bits per heavy atom. The molecule has 0 amide bonds. The number of hydrogen-bond acceptors (Lipinski definition) is 6. The fourth-order valence-corrected chi connectivity index (χ4v) is 3.65. The second-order valence-electron chi connectivity index (χ2n) is 5.16. The van der Waals surface area contributed by atoms with Crippen molar-refractivity contribution in [3.05, 3.63) is 29.8 Å². The topological polar surface area (TPSA) is 47.0 Å². The smallest absolute Gasteiger partial charge is 0.206 e. The molecule has 0 unspecified atom stereocenters. The van der Waals surface area contributed by atoms with E-state index in [9.17, 15) is 0 Å². The average molecular weight is 321 g/mol. The third kappa shape index (κ3) is 4.89. The van der Waals surface area contributed by atoms with Crippen LogP contribution in [0.4, 0.5) is 5.13 Å². The summed E-state index contributed by atoms with van der Waals surface area (Å²) in [5.41, 5.74) is 1.23. The number of hydrogen-bond donors (Lipinski definition) is 1. The molecule has 0 aliphatic heterocycles. The lowest BCUT2D eigenvalue weighted by Gasteiger charge is -2.05. The molecule has 1 aliphatic rings. The van der Waals surface area contributed by atoms with Gasteiger partial charge >= 0.3 is 0 Å². The van der Waals surface area contributed by atoms with Crippen molar-refractivity contribution in [1.29, 1.82) is 0 Å². The highest BCUT2D eigenvalue weighted by atomic mass is 32.2. The largest absolute Gasteiger partial charge is 0.494 e. The Morgan fingerprint density at radius 1 is 1.38 bits per heavy atom. The minimum atomic E-state index is 0.638. The Hall–Kier alpha value is -1.27. The number of thioether (sulfide) groups is 1. The van der Waals surface area contributed by atoms with Crippen LogP contribution in [-0.4, -0.2) is 28.6 Å². The highest BCUT2D eigenvalue weighted by Gasteiger charge is 2.22. The van der Waals surface area contributed by atoms with Gasteiger partial charge in [-0.25, -0.2) is 0 Å². The van der Waals surface area contributed by atoms with Gasteiger partial charge in [-0.05, 0) is 43.9 Å². The van der Waals surface area contributed by atoms with Gasteiger partial charge in [0.15, 0.2) is 4.34 Å². The lowest BCUT2D eigenvalue weighted by atomic mass is 10.2. The average Bonchev–Trinajstić information content (AvgIpc) is 3.17. The Morgan fingerprint density at radius 2 is 2.29 bits per heavy atom. The van der Waals surface area contributed by atoms with Crippen LogP contribution < -0.4 is 10.1 Å². The molecular weight excluding hydrogens is 302 g/mol. The lowest BCUT2D eigenvalue weighted by Crippen LogP contribution is -1.99. The number of ether oxygens (including phenoxy) is 1. The first-order valence-corrected chi connectivity index (χ1v) is 9.02. The van der Waals surface area contributed by atoms with Crippen LogP contribution in [0.1, 0.15) is 24.8 Å². The van der Waals surface area contributed by atoms with Crippen LogP contribution >= 0.6 is 23.1 Å². The quantitative estimate of drug-likeness (QED) is 0.588. The highest BCUT2D eigenvalue weighted by Crippen LogP contribution is 2.30. The second-order valence-corrected chi connectivity index (χ2v) is 7.48. The first-order chi connectivity index (χ1) is 10.3. The third-order valence-electron chi connectivity index (χ3n) is 3.08. The van der Waals surface area contributed by atoms with Gasteiger partial charge in [-0.2, -0.15) is 0 Å². The predicted octanol–water partition coefficient (Wildman–Crippen LogP) is 3.98. The molecule has 0 atom stereocenters. The van der Waals surface area contributed by atoms with E-state index in [0.29, 0.717) is 6.04 Å². The van der Waals surface area contributed by atoms with Crippen molar-refractivity contribution >= 4 is 28.2 Å². The summed E-state index contributed by atoms with van der Waals surface area (Å²) in [5, 5.41) is 12.7. The van der Waals surface area contributed by atoms with Gasteiger partial charge in [0.2, 0.25) is 5.13 Å². The van der Waals surface area contributed by atoms with Gasteiger partial charge in [0.25, 0.3) is 0 Å². The molecule has 6 heteroatoms. The SMILES string of the molecule is Cc1cccc(OCCCSc2nnc(NC3CC3)s2)c1. The summed E-state index contributed by atoms with van der Waals surface area (Å²) in [5.74, 6) is 1.95. The maximum absolute atomic E-state index is 5.73. The van der Waals surface area contributed by atoms with E-state index in [-0.39, 0.29) is 0 Å². The third-order valence-corrected chi connectivity index (χ3v) is 5.16. The zero-order chi connectivity index (χ0) is 14.5. The van der Waals surface area contributed by atoms with Gasteiger partial charge in [0, 0.05) is 11.8 Å². The number of nitrogens with zero attached hydrogens (tertiary/aromatic N) is 2. The van der Waals surface area contributed by atoms with Gasteiger partial charge in [-0.3, -0.25) is 0 Å². The van der Waals surface area contributed by atoms with Crippen molar-refractivity contribution in [2.75, 3.05) is 17.7 Å². The molecule has 1 saturated carbocycles. The van der Waals surface area contributed by atoms with E-state index in [2.05, 4.69) is 34.6 Å². The van der Waals surface area contributed by atoms with E-state index in [0.717, 1.165) is 34.0 Å². The van der Waals surface area contributed by atoms with E-state index >= 15 is 0 Å².